The van der Waals surface area contributed by atoms with E-state index in [4.69, 9.17) is 10.2 Å². The van der Waals surface area contributed by atoms with Crippen molar-refractivity contribution in [1.29, 1.82) is 0 Å². The Morgan fingerprint density at radius 1 is 1.23 bits per heavy atom. The van der Waals surface area contributed by atoms with Crippen LogP contribution in [0.5, 0.6) is 0 Å². The van der Waals surface area contributed by atoms with Gasteiger partial charge < -0.3 is 10.2 Å². The van der Waals surface area contributed by atoms with E-state index in [2.05, 4.69) is 6.92 Å². The third kappa shape index (κ3) is 24.7. The van der Waals surface area contributed by atoms with Crippen molar-refractivity contribution in [3.63, 3.8) is 0 Å². The minimum atomic E-state index is -0.682. The first-order chi connectivity index (χ1) is 6.04. The van der Waals surface area contributed by atoms with E-state index in [1.165, 1.54) is 6.92 Å². The number of ketones is 1. The Morgan fingerprint density at radius 3 is 1.92 bits per heavy atom. The van der Waals surface area contributed by atoms with Gasteiger partial charge in [0.25, 0.3) is 0 Å². The molecule has 0 saturated carbocycles. The third-order valence-corrected chi connectivity index (χ3v) is 1.22. The molecule has 78 valence electrons. The van der Waals surface area contributed by atoms with Crippen molar-refractivity contribution in [2.75, 3.05) is 6.61 Å². The first-order valence-corrected chi connectivity index (χ1v) is 4.36. The molecule has 0 unspecified atom stereocenters. The fourth-order valence-electron chi connectivity index (χ4n) is 0.526. The zero-order valence-corrected chi connectivity index (χ0v) is 8.25. The summed E-state index contributed by atoms with van der Waals surface area (Å²) in [7, 11) is 0. The molecule has 0 aromatic heterocycles. The predicted molar refractivity (Wildman–Crippen MR) is 49.5 cm³/mol. The molecular formula is C9H18O4. The molecule has 4 heteroatoms. The summed E-state index contributed by atoms with van der Waals surface area (Å²) >= 11 is 0. The Hall–Kier alpha value is -0.900. The quantitative estimate of drug-likeness (QED) is 0.639. The Labute approximate surface area is 78.6 Å². The molecule has 0 spiro atoms. The zero-order chi connectivity index (χ0) is 10.7. The number of carboxylic acid groups (broad SMARTS) is 1. The van der Waals surface area contributed by atoms with Gasteiger partial charge in [0.15, 0.2) is 5.78 Å². The highest BCUT2D eigenvalue weighted by molar-refractivity contribution is 5.76. The highest BCUT2D eigenvalue weighted by Crippen LogP contribution is 1.97. The first-order valence-electron chi connectivity index (χ1n) is 4.36. The van der Waals surface area contributed by atoms with Crippen LogP contribution in [0.2, 0.25) is 0 Å². The maximum Gasteiger partial charge on any atom is 0.303 e. The highest BCUT2D eigenvalue weighted by atomic mass is 16.4. The van der Waals surface area contributed by atoms with Crippen LogP contribution >= 0.6 is 0 Å². The van der Waals surface area contributed by atoms with Gasteiger partial charge in [0, 0.05) is 6.42 Å². The molecule has 2 N–H and O–H groups in total. The number of unbranched alkanes of at least 4 members (excludes halogenated alkanes) is 2. The number of hydrogen-bond acceptors (Lipinski definition) is 3. The van der Waals surface area contributed by atoms with Gasteiger partial charge >= 0.3 is 5.97 Å². The summed E-state index contributed by atoms with van der Waals surface area (Å²) in [6, 6.07) is 0. The van der Waals surface area contributed by atoms with E-state index in [0.29, 0.717) is 6.42 Å². The molecule has 0 radical (unpaired) electrons. The number of carboxylic acids is 1. The van der Waals surface area contributed by atoms with E-state index in [1.54, 1.807) is 0 Å². The number of aliphatic hydroxyl groups is 1. The monoisotopic (exact) mass is 190 g/mol. The average Bonchev–Trinajstić information content (AvgIpc) is 2.05. The van der Waals surface area contributed by atoms with Crippen molar-refractivity contribution in [2.45, 2.75) is 39.5 Å². The summed E-state index contributed by atoms with van der Waals surface area (Å²) in [6.07, 6.45) is 3.28. The minimum Gasteiger partial charge on any atom is -0.481 e. The Morgan fingerprint density at radius 2 is 1.69 bits per heavy atom. The second-order valence-electron chi connectivity index (χ2n) is 2.71. The fourth-order valence-corrected chi connectivity index (χ4v) is 0.526. The van der Waals surface area contributed by atoms with E-state index in [9.17, 15) is 9.59 Å². The normalized spacial score (nSPS) is 8.54. The van der Waals surface area contributed by atoms with Crippen molar-refractivity contribution in [3.05, 3.63) is 0 Å². The lowest BCUT2D eigenvalue weighted by atomic mass is 10.2. The maximum absolute atomic E-state index is 9.87. The van der Waals surface area contributed by atoms with Crippen LogP contribution < -0.4 is 0 Å². The van der Waals surface area contributed by atoms with E-state index in [1.807, 2.05) is 0 Å². The van der Waals surface area contributed by atoms with Gasteiger partial charge in [-0.2, -0.15) is 0 Å². The molecule has 0 amide bonds. The fraction of sp³-hybridized carbons (Fsp3) is 0.778. The zero-order valence-electron chi connectivity index (χ0n) is 8.25. The van der Waals surface area contributed by atoms with Gasteiger partial charge in [-0.05, 0) is 13.3 Å². The standard InChI is InChI=1S/C6H12O2.C3H6O2/c1-2-3-4-5-6(7)8;1-3(5)2-4/h2-5H2,1H3,(H,7,8);4H,2H2,1H3. The molecule has 0 bridgehead atoms. The van der Waals surface area contributed by atoms with Crippen LogP contribution in [0.4, 0.5) is 0 Å². The van der Waals surface area contributed by atoms with E-state index >= 15 is 0 Å². The number of aliphatic carboxylic acids is 1. The summed E-state index contributed by atoms with van der Waals surface area (Å²) < 4.78 is 0. The largest absolute Gasteiger partial charge is 0.481 e. The Balaban J connectivity index is 0. The van der Waals surface area contributed by atoms with Crippen LogP contribution in [0, 0.1) is 0 Å². The van der Waals surface area contributed by atoms with Gasteiger partial charge in [-0.3, -0.25) is 9.59 Å². The van der Waals surface area contributed by atoms with Gasteiger partial charge in [-0.15, -0.1) is 0 Å². The molecule has 0 aliphatic rings. The summed E-state index contributed by atoms with van der Waals surface area (Å²) in [6.45, 7) is 3.06. The molecule has 0 rings (SSSR count). The molecule has 0 saturated heterocycles. The van der Waals surface area contributed by atoms with Crippen molar-refractivity contribution in [1.82, 2.24) is 0 Å². The van der Waals surface area contributed by atoms with Crippen LogP contribution in [0.3, 0.4) is 0 Å². The number of carbonyl (C=O) groups is 2. The van der Waals surface area contributed by atoms with Gasteiger partial charge in [0.05, 0.1) is 0 Å². The van der Waals surface area contributed by atoms with E-state index in [0.717, 1.165) is 19.3 Å². The maximum atomic E-state index is 9.87. The number of Topliss-reactive ketones (excluding diaryl/α,β-unsaturated/α-hetero) is 1. The molecule has 0 heterocycles. The molecular weight excluding hydrogens is 172 g/mol. The van der Waals surface area contributed by atoms with Crippen LogP contribution in [-0.2, 0) is 9.59 Å². The smallest absolute Gasteiger partial charge is 0.303 e. The van der Waals surface area contributed by atoms with Crippen LogP contribution in [-0.4, -0.2) is 28.6 Å². The second kappa shape index (κ2) is 11.1. The Bertz CT molecular complexity index is 143. The lowest BCUT2D eigenvalue weighted by Crippen LogP contribution is -1.93. The SMILES string of the molecule is CC(=O)CO.CCCCCC(=O)O. The van der Waals surface area contributed by atoms with E-state index < -0.39 is 5.97 Å². The summed E-state index contributed by atoms with van der Waals surface area (Å²) in [5.74, 6) is -0.872. The number of hydrogen-bond donors (Lipinski definition) is 2. The van der Waals surface area contributed by atoms with E-state index in [-0.39, 0.29) is 12.4 Å². The van der Waals surface area contributed by atoms with Crippen LogP contribution in [0.15, 0.2) is 0 Å². The molecule has 13 heavy (non-hydrogen) atoms. The summed E-state index contributed by atoms with van der Waals surface area (Å²) in [5, 5.41) is 15.9. The van der Waals surface area contributed by atoms with Gasteiger partial charge in [-0.1, -0.05) is 19.8 Å². The molecule has 0 fully saturated rings. The third-order valence-electron chi connectivity index (χ3n) is 1.22. The van der Waals surface area contributed by atoms with Crippen molar-refractivity contribution in [3.8, 4) is 0 Å². The minimum absolute atomic E-state index is 0.190. The lowest BCUT2D eigenvalue weighted by Gasteiger charge is -1.89. The predicted octanol–water partition coefficient (Wildman–Crippen LogP) is 1.22. The second-order valence-corrected chi connectivity index (χ2v) is 2.71. The Kier molecular flexibility index (Phi) is 12.5. The van der Waals surface area contributed by atoms with Crippen molar-refractivity contribution in [2.24, 2.45) is 0 Å². The van der Waals surface area contributed by atoms with Gasteiger partial charge in [0.1, 0.15) is 6.61 Å². The molecule has 0 aliphatic heterocycles. The van der Waals surface area contributed by atoms with Crippen LogP contribution in [0.25, 0.3) is 0 Å². The molecule has 4 nitrogen and oxygen atoms in total. The van der Waals surface area contributed by atoms with Crippen LogP contribution in [0.1, 0.15) is 39.5 Å². The van der Waals surface area contributed by atoms with Crippen molar-refractivity contribution < 1.29 is 19.8 Å². The van der Waals surface area contributed by atoms with Gasteiger partial charge in [0.2, 0.25) is 0 Å². The highest BCUT2D eigenvalue weighted by Gasteiger charge is 1.92. The molecule has 0 aromatic carbocycles. The van der Waals surface area contributed by atoms with Crippen molar-refractivity contribution >= 4 is 11.8 Å². The molecule has 0 aromatic rings. The molecule has 0 atom stereocenters. The molecule has 0 aliphatic carbocycles. The summed E-state index contributed by atoms with van der Waals surface area (Å²) in [5.41, 5.74) is 0. The topological polar surface area (TPSA) is 74.6 Å². The number of rotatable bonds is 5. The number of carbonyl (C=O) groups excluding carboxylic acids is 1. The lowest BCUT2D eigenvalue weighted by molar-refractivity contribution is -0.137. The summed E-state index contributed by atoms with van der Waals surface area (Å²) in [4.78, 5) is 19.4. The number of aliphatic hydroxyl groups excluding tert-OH is 1. The first kappa shape index (κ1) is 14.6. The van der Waals surface area contributed by atoms with Gasteiger partial charge in [-0.25, -0.2) is 0 Å². The average molecular weight is 190 g/mol.